The summed E-state index contributed by atoms with van der Waals surface area (Å²) in [6, 6.07) is 21.2. The molecular weight excluding hydrogens is 256 g/mol. The molecule has 0 radical (unpaired) electrons. The van der Waals surface area contributed by atoms with Crippen LogP contribution in [0.3, 0.4) is 0 Å². The first-order valence-corrected chi connectivity index (χ1v) is 7.99. The molecule has 2 nitrogen and oxygen atoms in total. The second-order valence-electron chi connectivity index (χ2n) is 5.32. The van der Waals surface area contributed by atoms with Crippen molar-refractivity contribution in [1.29, 1.82) is 0 Å². The molecule has 2 aromatic carbocycles. The molecule has 1 N–H and O–H groups in total. The molecule has 0 aliphatic heterocycles. The fourth-order valence-corrected chi connectivity index (χ4v) is 2.42. The van der Waals surface area contributed by atoms with E-state index < -0.39 is 0 Å². The van der Waals surface area contributed by atoms with Crippen LogP contribution in [-0.2, 0) is 0 Å². The van der Waals surface area contributed by atoms with E-state index in [9.17, 15) is 0 Å². The Kier molecular flexibility index (Phi) is 6.66. The molecule has 0 bridgehead atoms. The minimum absolute atomic E-state index is 1.01. The number of unbranched alkanes of at least 4 members (excludes halogenated alkanes) is 1. The molecule has 112 valence electrons. The van der Waals surface area contributed by atoms with E-state index in [4.69, 9.17) is 0 Å². The second-order valence-corrected chi connectivity index (χ2v) is 5.32. The Hall–Kier alpha value is -1.96. The maximum absolute atomic E-state index is 3.48. The number of anilines is 2. The van der Waals surface area contributed by atoms with Gasteiger partial charge in [-0.05, 0) is 37.1 Å². The average molecular weight is 282 g/mol. The zero-order valence-electron chi connectivity index (χ0n) is 13.0. The normalized spacial score (nSPS) is 10.3. The van der Waals surface area contributed by atoms with Crippen LogP contribution >= 0.6 is 0 Å². The zero-order chi connectivity index (χ0) is 14.8. The predicted octanol–water partition coefficient (Wildman–Crippen LogP) is 4.80. The molecule has 0 aromatic heterocycles. The number of hydrogen-bond acceptors (Lipinski definition) is 2. The third-order valence-electron chi connectivity index (χ3n) is 3.61. The molecule has 2 rings (SSSR count). The highest BCUT2D eigenvalue weighted by atomic mass is 15.1. The third-order valence-corrected chi connectivity index (χ3v) is 3.61. The van der Waals surface area contributed by atoms with Gasteiger partial charge in [0.2, 0.25) is 0 Å². The summed E-state index contributed by atoms with van der Waals surface area (Å²) in [5.74, 6) is 0. The van der Waals surface area contributed by atoms with E-state index in [1.807, 2.05) is 6.07 Å². The van der Waals surface area contributed by atoms with Crippen LogP contribution in [0.4, 0.5) is 11.4 Å². The van der Waals surface area contributed by atoms with Crippen LogP contribution in [0.15, 0.2) is 60.7 Å². The summed E-state index contributed by atoms with van der Waals surface area (Å²) in [7, 11) is 0. The Labute approximate surface area is 128 Å². The first kappa shape index (κ1) is 15.4. The first-order chi connectivity index (χ1) is 10.4. The van der Waals surface area contributed by atoms with Crippen molar-refractivity contribution in [2.24, 2.45) is 0 Å². The van der Waals surface area contributed by atoms with Gasteiger partial charge >= 0.3 is 0 Å². The van der Waals surface area contributed by atoms with Crippen molar-refractivity contribution in [2.45, 2.75) is 26.2 Å². The van der Waals surface area contributed by atoms with Crippen molar-refractivity contribution >= 4 is 11.4 Å². The highest BCUT2D eigenvalue weighted by Crippen LogP contribution is 2.14. The lowest BCUT2D eigenvalue weighted by Crippen LogP contribution is -2.27. The fraction of sp³-hybridized carbons (Fsp3) is 0.368. The quantitative estimate of drug-likeness (QED) is 0.665. The molecule has 0 spiro atoms. The number of nitrogens with one attached hydrogen (secondary N) is 1. The Morgan fingerprint density at radius 1 is 0.810 bits per heavy atom. The van der Waals surface area contributed by atoms with Gasteiger partial charge in [-0.15, -0.1) is 0 Å². The smallest absolute Gasteiger partial charge is 0.0366 e. The monoisotopic (exact) mass is 282 g/mol. The van der Waals surface area contributed by atoms with Gasteiger partial charge in [-0.2, -0.15) is 0 Å². The SMILES string of the molecule is CCCCN(CCCNc1ccccc1)c1ccccc1. The maximum atomic E-state index is 3.48. The van der Waals surface area contributed by atoms with Gasteiger partial charge in [0.25, 0.3) is 0 Å². The van der Waals surface area contributed by atoms with E-state index in [1.54, 1.807) is 0 Å². The summed E-state index contributed by atoms with van der Waals surface area (Å²) in [5, 5.41) is 3.48. The van der Waals surface area contributed by atoms with Crippen molar-refractivity contribution in [1.82, 2.24) is 0 Å². The summed E-state index contributed by atoms with van der Waals surface area (Å²) < 4.78 is 0. The molecule has 0 unspecified atom stereocenters. The van der Waals surface area contributed by atoms with Crippen molar-refractivity contribution in [2.75, 3.05) is 29.9 Å². The van der Waals surface area contributed by atoms with Gasteiger partial charge in [0.15, 0.2) is 0 Å². The largest absolute Gasteiger partial charge is 0.385 e. The number of benzene rings is 2. The average Bonchev–Trinajstić information content (AvgIpc) is 2.56. The minimum Gasteiger partial charge on any atom is -0.385 e. The van der Waals surface area contributed by atoms with Gasteiger partial charge in [0, 0.05) is 31.0 Å². The lowest BCUT2D eigenvalue weighted by atomic mass is 10.2. The topological polar surface area (TPSA) is 15.3 Å². The second kappa shape index (κ2) is 9.06. The number of rotatable bonds is 9. The van der Waals surface area contributed by atoms with E-state index in [-0.39, 0.29) is 0 Å². The summed E-state index contributed by atoms with van der Waals surface area (Å²) in [6.45, 7) is 5.51. The van der Waals surface area contributed by atoms with Crippen LogP contribution in [0, 0.1) is 0 Å². The molecule has 0 heterocycles. The number of hydrogen-bond donors (Lipinski definition) is 1. The minimum atomic E-state index is 1.01. The van der Waals surface area contributed by atoms with Crippen LogP contribution in [0.1, 0.15) is 26.2 Å². The van der Waals surface area contributed by atoms with Gasteiger partial charge < -0.3 is 10.2 Å². The molecule has 0 saturated carbocycles. The summed E-state index contributed by atoms with van der Waals surface area (Å²) in [6.07, 6.45) is 3.64. The molecule has 0 amide bonds. The van der Waals surface area contributed by atoms with Gasteiger partial charge in [-0.25, -0.2) is 0 Å². The first-order valence-electron chi connectivity index (χ1n) is 7.99. The van der Waals surface area contributed by atoms with Crippen LogP contribution in [0.25, 0.3) is 0 Å². The molecule has 0 aliphatic rings. The summed E-state index contributed by atoms with van der Waals surface area (Å²) in [4.78, 5) is 2.50. The van der Waals surface area contributed by atoms with Gasteiger partial charge in [0.05, 0.1) is 0 Å². The Balaban J connectivity index is 1.79. The lowest BCUT2D eigenvalue weighted by Gasteiger charge is -2.25. The lowest BCUT2D eigenvalue weighted by molar-refractivity contribution is 0.695. The van der Waals surface area contributed by atoms with Gasteiger partial charge in [0.1, 0.15) is 0 Å². The molecule has 21 heavy (non-hydrogen) atoms. The van der Waals surface area contributed by atoms with Crippen LogP contribution in [0.2, 0.25) is 0 Å². The Morgan fingerprint density at radius 3 is 2.10 bits per heavy atom. The van der Waals surface area contributed by atoms with Crippen molar-refractivity contribution < 1.29 is 0 Å². The van der Waals surface area contributed by atoms with Crippen molar-refractivity contribution in [3.8, 4) is 0 Å². The standard InChI is InChI=1S/C19H26N2/c1-2-3-16-21(19-13-8-5-9-14-19)17-10-15-20-18-11-6-4-7-12-18/h4-9,11-14,20H,2-3,10,15-17H2,1H3. The summed E-state index contributed by atoms with van der Waals surface area (Å²) in [5.41, 5.74) is 2.54. The third kappa shape index (κ3) is 5.50. The number of nitrogens with zero attached hydrogens (tertiary/aromatic N) is 1. The van der Waals surface area contributed by atoms with E-state index in [1.165, 1.54) is 24.2 Å². The fourth-order valence-electron chi connectivity index (χ4n) is 2.42. The molecule has 2 aromatic rings. The molecule has 0 fully saturated rings. The Morgan fingerprint density at radius 2 is 1.43 bits per heavy atom. The zero-order valence-corrected chi connectivity index (χ0v) is 13.0. The van der Waals surface area contributed by atoms with Crippen molar-refractivity contribution in [3.05, 3.63) is 60.7 Å². The molecular formula is C19H26N2. The van der Waals surface area contributed by atoms with E-state index in [0.717, 1.165) is 26.1 Å². The van der Waals surface area contributed by atoms with Gasteiger partial charge in [-0.3, -0.25) is 0 Å². The molecule has 0 atom stereocenters. The van der Waals surface area contributed by atoms with Crippen LogP contribution in [-0.4, -0.2) is 19.6 Å². The van der Waals surface area contributed by atoms with Gasteiger partial charge in [-0.1, -0.05) is 49.7 Å². The van der Waals surface area contributed by atoms with E-state index >= 15 is 0 Å². The molecule has 2 heteroatoms. The molecule has 0 saturated heterocycles. The van der Waals surface area contributed by atoms with E-state index in [0.29, 0.717) is 0 Å². The highest BCUT2D eigenvalue weighted by molar-refractivity contribution is 5.46. The summed E-state index contributed by atoms with van der Waals surface area (Å²) >= 11 is 0. The maximum Gasteiger partial charge on any atom is 0.0366 e. The van der Waals surface area contributed by atoms with Crippen molar-refractivity contribution in [3.63, 3.8) is 0 Å². The Bertz CT molecular complexity index is 481. The number of para-hydroxylation sites is 2. The van der Waals surface area contributed by atoms with Crippen LogP contribution in [0.5, 0.6) is 0 Å². The molecule has 0 aliphatic carbocycles. The van der Waals surface area contributed by atoms with Crippen LogP contribution < -0.4 is 10.2 Å². The van der Waals surface area contributed by atoms with E-state index in [2.05, 4.69) is 71.7 Å². The highest BCUT2D eigenvalue weighted by Gasteiger charge is 2.04. The predicted molar refractivity (Wildman–Crippen MR) is 93.1 cm³/mol.